The van der Waals surface area contributed by atoms with Crippen molar-refractivity contribution in [2.75, 3.05) is 11.4 Å². The van der Waals surface area contributed by atoms with Crippen LogP contribution in [0.4, 0.5) is 18.9 Å². The second-order valence-corrected chi connectivity index (χ2v) is 5.84. The standard InChI is InChI=1S/C17H12ClF3N2/c18-16-8-14(3-4-15(16)17(19,20)21)23-6-5-12-2-1-11(9-22)7-13(12)10-23/h1-4,7-8H,5-6,10H2. The van der Waals surface area contributed by atoms with Gasteiger partial charge in [-0.05, 0) is 47.9 Å². The molecule has 2 nitrogen and oxygen atoms in total. The summed E-state index contributed by atoms with van der Waals surface area (Å²) in [5.41, 5.74) is 2.59. The lowest BCUT2D eigenvalue weighted by molar-refractivity contribution is -0.137. The maximum Gasteiger partial charge on any atom is 0.417 e. The summed E-state index contributed by atoms with van der Waals surface area (Å²) >= 11 is 5.79. The third-order valence-electron chi connectivity index (χ3n) is 3.97. The summed E-state index contributed by atoms with van der Waals surface area (Å²) < 4.78 is 38.3. The topological polar surface area (TPSA) is 27.0 Å². The number of hydrogen-bond acceptors (Lipinski definition) is 2. The van der Waals surface area contributed by atoms with E-state index in [-0.39, 0.29) is 5.02 Å². The van der Waals surface area contributed by atoms with Crippen LogP contribution in [0, 0.1) is 11.3 Å². The van der Waals surface area contributed by atoms with Gasteiger partial charge >= 0.3 is 6.18 Å². The molecule has 0 aliphatic carbocycles. The highest BCUT2D eigenvalue weighted by Gasteiger charge is 2.33. The molecule has 0 saturated carbocycles. The fourth-order valence-electron chi connectivity index (χ4n) is 2.78. The van der Waals surface area contributed by atoms with Gasteiger partial charge in [-0.2, -0.15) is 18.4 Å². The van der Waals surface area contributed by atoms with E-state index in [0.717, 1.165) is 18.1 Å². The van der Waals surface area contributed by atoms with E-state index in [0.29, 0.717) is 24.3 Å². The Balaban J connectivity index is 1.89. The molecule has 0 amide bonds. The largest absolute Gasteiger partial charge is 0.417 e. The normalized spacial score (nSPS) is 14.3. The molecule has 0 unspecified atom stereocenters. The molecule has 1 heterocycles. The molecule has 2 aromatic carbocycles. The Morgan fingerprint density at radius 1 is 1.09 bits per heavy atom. The van der Waals surface area contributed by atoms with Crippen LogP contribution in [0.2, 0.25) is 5.02 Å². The molecule has 0 atom stereocenters. The lowest BCUT2D eigenvalue weighted by Crippen LogP contribution is -2.30. The first-order valence-electron chi connectivity index (χ1n) is 7.02. The van der Waals surface area contributed by atoms with Crippen LogP contribution >= 0.6 is 11.6 Å². The zero-order valence-electron chi connectivity index (χ0n) is 12.0. The molecule has 0 saturated heterocycles. The first-order valence-corrected chi connectivity index (χ1v) is 7.40. The number of fused-ring (bicyclic) bond motifs is 1. The van der Waals surface area contributed by atoms with Crippen molar-refractivity contribution >= 4 is 17.3 Å². The summed E-state index contributed by atoms with van der Waals surface area (Å²) in [6, 6.07) is 11.4. The summed E-state index contributed by atoms with van der Waals surface area (Å²) in [7, 11) is 0. The van der Waals surface area contributed by atoms with E-state index in [2.05, 4.69) is 6.07 Å². The second kappa shape index (κ2) is 5.78. The van der Waals surface area contributed by atoms with Crippen molar-refractivity contribution in [1.82, 2.24) is 0 Å². The zero-order chi connectivity index (χ0) is 16.6. The first kappa shape index (κ1) is 15.7. The molecular formula is C17H12ClF3N2. The average Bonchev–Trinajstić information content (AvgIpc) is 2.52. The molecule has 6 heteroatoms. The lowest BCUT2D eigenvalue weighted by Gasteiger charge is -2.31. The van der Waals surface area contributed by atoms with E-state index in [9.17, 15) is 13.2 Å². The molecular weight excluding hydrogens is 325 g/mol. The van der Waals surface area contributed by atoms with E-state index in [1.165, 1.54) is 17.7 Å². The minimum absolute atomic E-state index is 0.299. The van der Waals surface area contributed by atoms with E-state index in [4.69, 9.17) is 16.9 Å². The minimum Gasteiger partial charge on any atom is -0.367 e. The molecule has 0 radical (unpaired) electrons. The van der Waals surface area contributed by atoms with Crippen LogP contribution in [0.1, 0.15) is 22.3 Å². The van der Waals surface area contributed by atoms with Gasteiger partial charge in [-0.15, -0.1) is 0 Å². The van der Waals surface area contributed by atoms with Crippen LogP contribution in [-0.2, 0) is 19.1 Å². The highest BCUT2D eigenvalue weighted by Crippen LogP contribution is 2.37. The minimum atomic E-state index is -4.45. The fourth-order valence-corrected chi connectivity index (χ4v) is 3.06. The van der Waals surface area contributed by atoms with E-state index < -0.39 is 11.7 Å². The summed E-state index contributed by atoms with van der Waals surface area (Å²) in [6.45, 7) is 1.24. The lowest BCUT2D eigenvalue weighted by atomic mass is 9.97. The van der Waals surface area contributed by atoms with Crippen molar-refractivity contribution in [1.29, 1.82) is 5.26 Å². The number of halogens is 4. The van der Waals surface area contributed by atoms with E-state index in [1.807, 2.05) is 17.0 Å². The molecule has 0 bridgehead atoms. The maximum atomic E-state index is 12.8. The van der Waals surface area contributed by atoms with Crippen LogP contribution in [0.5, 0.6) is 0 Å². The van der Waals surface area contributed by atoms with Crippen molar-refractivity contribution in [3.8, 4) is 6.07 Å². The van der Waals surface area contributed by atoms with Crippen LogP contribution in [-0.4, -0.2) is 6.54 Å². The van der Waals surface area contributed by atoms with Gasteiger partial charge in [-0.3, -0.25) is 0 Å². The molecule has 0 N–H and O–H groups in total. The molecule has 1 aliphatic heterocycles. The zero-order valence-corrected chi connectivity index (χ0v) is 12.7. The third kappa shape index (κ3) is 3.13. The molecule has 0 aromatic heterocycles. The van der Waals surface area contributed by atoms with Crippen LogP contribution in [0.3, 0.4) is 0 Å². The summed E-state index contributed by atoms with van der Waals surface area (Å²) in [5, 5.41) is 8.68. The van der Waals surface area contributed by atoms with Gasteiger partial charge in [0.1, 0.15) is 0 Å². The number of nitriles is 1. The molecule has 118 valence electrons. The van der Waals surface area contributed by atoms with Crippen LogP contribution in [0.15, 0.2) is 36.4 Å². The van der Waals surface area contributed by atoms with Crippen molar-refractivity contribution in [2.45, 2.75) is 19.1 Å². The Kier molecular flexibility index (Phi) is 3.95. The highest BCUT2D eigenvalue weighted by molar-refractivity contribution is 6.31. The Labute approximate surface area is 136 Å². The van der Waals surface area contributed by atoms with Gasteiger partial charge in [-0.1, -0.05) is 17.7 Å². The SMILES string of the molecule is N#Cc1ccc2c(c1)CN(c1ccc(C(F)(F)F)c(Cl)c1)CC2. The van der Waals surface area contributed by atoms with E-state index in [1.54, 1.807) is 6.07 Å². The fraction of sp³-hybridized carbons (Fsp3) is 0.235. The third-order valence-corrected chi connectivity index (χ3v) is 4.28. The van der Waals surface area contributed by atoms with Gasteiger partial charge in [0.25, 0.3) is 0 Å². The van der Waals surface area contributed by atoms with Crippen molar-refractivity contribution in [3.63, 3.8) is 0 Å². The summed E-state index contributed by atoms with van der Waals surface area (Å²) in [5.74, 6) is 0. The quantitative estimate of drug-likeness (QED) is 0.748. The predicted octanol–water partition coefficient (Wildman–Crippen LogP) is 4.79. The Hall–Kier alpha value is -2.19. The van der Waals surface area contributed by atoms with Gasteiger partial charge in [0, 0.05) is 18.8 Å². The maximum absolute atomic E-state index is 12.8. The highest BCUT2D eigenvalue weighted by atomic mass is 35.5. The second-order valence-electron chi connectivity index (χ2n) is 5.43. The smallest absolute Gasteiger partial charge is 0.367 e. The molecule has 0 fully saturated rings. The van der Waals surface area contributed by atoms with E-state index >= 15 is 0 Å². The Morgan fingerprint density at radius 2 is 1.87 bits per heavy atom. The van der Waals surface area contributed by atoms with Crippen molar-refractivity contribution < 1.29 is 13.2 Å². The number of hydrogen-bond donors (Lipinski definition) is 0. The Morgan fingerprint density at radius 3 is 2.52 bits per heavy atom. The van der Waals surface area contributed by atoms with Gasteiger partial charge in [-0.25, -0.2) is 0 Å². The number of nitrogens with zero attached hydrogens (tertiary/aromatic N) is 2. The Bertz CT molecular complexity index is 793. The average molecular weight is 337 g/mol. The molecule has 23 heavy (non-hydrogen) atoms. The van der Waals surface area contributed by atoms with Gasteiger partial charge in [0.05, 0.1) is 22.2 Å². The van der Waals surface area contributed by atoms with Crippen molar-refractivity contribution in [2.24, 2.45) is 0 Å². The monoisotopic (exact) mass is 336 g/mol. The van der Waals surface area contributed by atoms with Crippen LogP contribution < -0.4 is 4.90 Å². The number of alkyl halides is 3. The molecule has 2 aromatic rings. The van der Waals surface area contributed by atoms with Gasteiger partial charge in [0.15, 0.2) is 0 Å². The van der Waals surface area contributed by atoms with Crippen molar-refractivity contribution in [3.05, 3.63) is 63.7 Å². The van der Waals surface area contributed by atoms with Gasteiger partial charge in [0.2, 0.25) is 0 Å². The number of anilines is 1. The summed E-state index contributed by atoms with van der Waals surface area (Å²) in [4.78, 5) is 1.97. The summed E-state index contributed by atoms with van der Waals surface area (Å²) in [6.07, 6.45) is -3.68. The predicted molar refractivity (Wildman–Crippen MR) is 82.4 cm³/mol. The van der Waals surface area contributed by atoms with Crippen LogP contribution in [0.25, 0.3) is 0 Å². The first-order chi connectivity index (χ1) is 10.9. The molecule has 0 spiro atoms. The molecule has 1 aliphatic rings. The molecule has 3 rings (SSSR count). The van der Waals surface area contributed by atoms with Gasteiger partial charge < -0.3 is 4.90 Å². The number of benzene rings is 2. The number of rotatable bonds is 1.